The van der Waals surface area contributed by atoms with Crippen LogP contribution in [0.2, 0.25) is 0 Å². The third-order valence-corrected chi connectivity index (χ3v) is 10.1. The van der Waals surface area contributed by atoms with Crippen molar-refractivity contribution in [3.8, 4) is 33.4 Å². The number of para-hydroxylation sites is 1. The zero-order valence-electron chi connectivity index (χ0n) is 29.8. The summed E-state index contributed by atoms with van der Waals surface area (Å²) in [6.45, 7) is 0. The molecule has 9 rings (SSSR count). The van der Waals surface area contributed by atoms with Gasteiger partial charge in [0.15, 0.2) is 0 Å². The fraction of sp³-hybridized carbons (Fsp3) is 0. The van der Waals surface area contributed by atoms with Gasteiger partial charge in [-0.2, -0.15) is 0 Å². The molecule has 0 fully saturated rings. The third kappa shape index (κ3) is 6.77. The summed E-state index contributed by atoms with van der Waals surface area (Å²) >= 11 is 0. The molecule has 0 amide bonds. The molecule has 0 bridgehead atoms. The largest absolute Gasteiger partial charge is 0.311 e. The average molecular weight is 691 g/mol. The van der Waals surface area contributed by atoms with Gasteiger partial charge < -0.3 is 9.80 Å². The molecule has 0 aliphatic heterocycles. The molecule has 9 aromatic rings. The molecule has 2 nitrogen and oxygen atoms in total. The highest BCUT2D eigenvalue weighted by Crippen LogP contribution is 2.39. The number of hydrogen-bond acceptors (Lipinski definition) is 2. The maximum absolute atomic E-state index is 2.33. The number of fused-ring (bicyclic) bond motifs is 1. The molecular formula is C52H38N2. The molecule has 0 radical (unpaired) electrons. The second-order valence-corrected chi connectivity index (χ2v) is 13.5. The van der Waals surface area contributed by atoms with Crippen LogP contribution in [0.15, 0.2) is 231 Å². The van der Waals surface area contributed by atoms with Crippen LogP contribution in [-0.2, 0) is 0 Å². The van der Waals surface area contributed by atoms with Crippen LogP contribution >= 0.6 is 0 Å². The van der Waals surface area contributed by atoms with Crippen molar-refractivity contribution in [2.45, 2.75) is 0 Å². The summed E-state index contributed by atoms with van der Waals surface area (Å²) < 4.78 is 0. The standard InChI is InChI=1S/C52H38N2/c1-4-12-39(13-5-1)42-20-29-48(30-21-42)53(49-31-22-43(23-32-49)40-14-6-2-7-15-40)50-33-24-44(25-34-50)45-26-35-51(36-27-45)54(47-18-8-3-9-19-47)52-37-28-41-16-10-11-17-46(41)38-52/h1-38H. The van der Waals surface area contributed by atoms with E-state index in [4.69, 9.17) is 0 Å². The lowest BCUT2D eigenvalue weighted by Crippen LogP contribution is -2.10. The number of hydrogen-bond donors (Lipinski definition) is 0. The van der Waals surface area contributed by atoms with Crippen molar-refractivity contribution in [3.05, 3.63) is 231 Å². The summed E-state index contributed by atoms with van der Waals surface area (Å²) in [6, 6.07) is 82.4. The second kappa shape index (κ2) is 14.8. The molecule has 0 saturated carbocycles. The van der Waals surface area contributed by atoms with Crippen molar-refractivity contribution in [3.63, 3.8) is 0 Å². The van der Waals surface area contributed by atoms with Gasteiger partial charge in [0.1, 0.15) is 0 Å². The molecule has 0 aromatic heterocycles. The maximum Gasteiger partial charge on any atom is 0.0468 e. The van der Waals surface area contributed by atoms with E-state index in [0.29, 0.717) is 0 Å². The average Bonchev–Trinajstić information content (AvgIpc) is 3.26. The minimum absolute atomic E-state index is 1.10. The Hall–Kier alpha value is -7.16. The van der Waals surface area contributed by atoms with Crippen LogP contribution in [0.25, 0.3) is 44.2 Å². The van der Waals surface area contributed by atoms with E-state index >= 15 is 0 Å². The molecule has 0 heterocycles. The van der Waals surface area contributed by atoms with Gasteiger partial charge in [0.2, 0.25) is 0 Å². The highest BCUT2D eigenvalue weighted by atomic mass is 15.1. The second-order valence-electron chi connectivity index (χ2n) is 13.5. The zero-order valence-corrected chi connectivity index (χ0v) is 29.8. The quantitative estimate of drug-likeness (QED) is 0.149. The first kappa shape index (κ1) is 32.7. The normalized spacial score (nSPS) is 11.0. The molecule has 0 atom stereocenters. The number of rotatable bonds is 9. The van der Waals surface area contributed by atoms with Gasteiger partial charge in [-0.1, -0.05) is 158 Å². The van der Waals surface area contributed by atoms with Crippen LogP contribution in [0.3, 0.4) is 0 Å². The zero-order chi connectivity index (χ0) is 36.1. The Balaban J connectivity index is 1.04. The first-order chi connectivity index (χ1) is 26.8. The van der Waals surface area contributed by atoms with Gasteiger partial charge in [0, 0.05) is 34.1 Å². The van der Waals surface area contributed by atoms with E-state index in [2.05, 4.69) is 240 Å². The van der Waals surface area contributed by atoms with Crippen molar-refractivity contribution in [1.29, 1.82) is 0 Å². The van der Waals surface area contributed by atoms with Gasteiger partial charge in [0.25, 0.3) is 0 Å². The molecule has 0 saturated heterocycles. The lowest BCUT2D eigenvalue weighted by Gasteiger charge is -2.26. The van der Waals surface area contributed by atoms with Gasteiger partial charge >= 0.3 is 0 Å². The van der Waals surface area contributed by atoms with Crippen LogP contribution in [0.1, 0.15) is 0 Å². The first-order valence-corrected chi connectivity index (χ1v) is 18.4. The predicted molar refractivity (Wildman–Crippen MR) is 230 cm³/mol. The minimum Gasteiger partial charge on any atom is -0.311 e. The number of nitrogens with zero attached hydrogens (tertiary/aromatic N) is 2. The van der Waals surface area contributed by atoms with E-state index in [1.54, 1.807) is 0 Å². The van der Waals surface area contributed by atoms with Crippen LogP contribution < -0.4 is 9.80 Å². The topological polar surface area (TPSA) is 6.48 Å². The molecule has 2 heteroatoms. The predicted octanol–water partition coefficient (Wildman–Crippen LogP) is 14.8. The molecule has 0 unspecified atom stereocenters. The van der Waals surface area contributed by atoms with Crippen LogP contribution in [0, 0.1) is 0 Å². The molecule has 0 aliphatic rings. The van der Waals surface area contributed by atoms with Crippen molar-refractivity contribution >= 4 is 44.9 Å². The van der Waals surface area contributed by atoms with E-state index in [9.17, 15) is 0 Å². The SMILES string of the molecule is c1ccc(-c2ccc(N(c3ccc(-c4ccccc4)cc3)c3ccc(-c4ccc(N(c5ccccc5)c5ccc6ccccc6c5)cc4)cc3)cc2)cc1. The van der Waals surface area contributed by atoms with Crippen molar-refractivity contribution in [1.82, 2.24) is 0 Å². The van der Waals surface area contributed by atoms with E-state index in [1.165, 1.54) is 44.2 Å². The van der Waals surface area contributed by atoms with Gasteiger partial charge in [-0.05, 0) is 117 Å². The molecule has 0 spiro atoms. The van der Waals surface area contributed by atoms with Crippen LogP contribution in [-0.4, -0.2) is 0 Å². The highest BCUT2D eigenvalue weighted by Gasteiger charge is 2.16. The summed E-state index contributed by atoms with van der Waals surface area (Å²) in [5.74, 6) is 0. The van der Waals surface area contributed by atoms with Crippen molar-refractivity contribution in [2.75, 3.05) is 9.80 Å². The Labute approximate surface area is 317 Å². The minimum atomic E-state index is 1.10. The Morgan fingerprint density at radius 3 is 0.870 bits per heavy atom. The molecule has 0 aliphatic carbocycles. The van der Waals surface area contributed by atoms with Crippen LogP contribution in [0.5, 0.6) is 0 Å². The molecule has 256 valence electrons. The summed E-state index contributed by atoms with van der Waals surface area (Å²) in [5, 5.41) is 2.46. The van der Waals surface area contributed by atoms with Gasteiger partial charge in [-0.25, -0.2) is 0 Å². The number of benzene rings is 9. The van der Waals surface area contributed by atoms with Gasteiger partial charge in [0.05, 0.1) is 0 Å². The Morgan fingerprint density at radius 2 is 0.463 bits per heavy atom. The molecular weight excluding hydrogens is 653 g/mol. The molecule has 0 N–H and O–H groups in total. The summed E-state index contributed by atoms with van der Waals surface area (Å²) in [4.78, 5) is 4.65. The Kier molecular flexibility index (Phi) is 8.99. The fourth-order valence-corrected chi connectivity index (χ4v) is 7.26. The van der Waals surface area contributed by atoms with Crippen molar-refractivity contribution in [2.24, 2.45) is 0 Å². The lowest BCUT2D eigenvalue weighted by atomic mass is 10.0. The third-order valence-electron chi connectivity index (χ3n) is 10.1. The Morgan fingerprint density at radius 1 is 0.185 bits per heavy atom. The van der Waals surface area contributed by atoms with E-state index in [-0.39, 0.29) is 0 Å². The molecule has 9 aromatic carbocycles. The smallest absolute Gasteiger partial charge is 0.0468 e. The van der Waals surface area contributed by atoms with Crippen LogP contribution in [0.4, 0.5) is 34.1 Å². The number of anilines is 6. The summed E-state index contributed by atoms with van der Waals surface area (Å²) in [7, 11) is 0. The fourth-order valence-electron chi connectivity index (χ4n) is 7.26. The maximum atomic E-state index is 2.33. The van der Waals surface area contributed by atoms with Crippen molar-refractivity contribution < 1.29 is 0 Å². The van der Waals surface area contributed by atoms with E-state index in [0.717, 1.165) is 34.1 Å². The lowest BCUT2D eigenvalue weighted by molar-refractivity contribution is 1.28. The van der Waals surface area contributed by atoms with Gasteiger partial charge in [-0.15, -0.1) is 0 Å². The van der Waals surface area contributed by atoms with E-state index in [1.807, 2.05) is 0 Å². The monoisotopic (exact) mass is 690 g/mol. The Bertz CT molecular complexity index is 2520. The highest BCUT2D eigenvalue weighted by molar-refractivity contribution is 5.89. The van der Waals surface area contributed by atoms with Gasteiger partial charge in [-0.3, -0.25) is 0 Å². The molecule has 54 heavy (non-hydrogen) atoms. The summed E-state index contributed by atoms with van der Waals surface area (Å²) in [6.07, 6.45) is 0. The first-order valence-electron chi connectivity index (χ1n) is 18.4. The van der Waals surface area contributed by atoms with E-state index < -0.39 is 0 Å². The summed E-state index contributed by atoms with van der Waals surface area (Å²) in [5.41, 5.74) is 13.8.